The molecule has 0 aliphatic carbocycles. The van der Waals surface area contributed by atoms with Crippen molar-refractivity contribution in [1.29, 1.82) is 0 Å². The predicted octanol–water partition coefficient (Wildman–Crippen LogP) is 1.51. The van der Waals surface area contributed by atoms with Gasteiger partial charge in [-0.1, -0.05) is 27.2 Å². The van der Waals surface area contributed by atoms with Crippen molar-refractivity contribution in [3.8, 4) is 0 Å². The molecular weight excluding hydrogens is 216 g/mol. The van der Waals surface area contributed by atoms with Crippen molar-refractivity contribution in [2.24, 2.45) is 5.92 Å². The number of ether oxygens (including phenoxy) is 1. The standard InChI is InChI=1S/C13H28N2O2/c1-7-11(3)9-15(8-2)10-13(4,14-5)12(16)17-6/h11,14H,7-10H2,1-6H3. The van der Waals surface area contributed by atoms with Gasteiger partial charge in [0.1, 0.15) is 5.54 Å². The average Bonchev–Trinajstić information content (AvgIpc) is 2.36. The molecule has 0 aromatic heterocycles. The van der Waals surface area contributed by atoms with E-state index in [1.165, 1.54) is 7.11 Å². The largest absolute Gasteiger partial charge is 0.468 e. The highest BCUT2D eigenvalue weighted by atomic mass is 16.5. The molecule has 0 aliphatic heterocycles. The molecule has 0 saturated carbocycles. The van der Waals surface area contributed by atoms with E-state index in [1.54, 1.807) is 7.05 Å². The fourth-order valence-electron chi connectivity index (χ4n) is 1.79. The maximum Gasteiger partial charge on any atom is 0.327 e. The van der Waals surface area contributed by atoms with Crippen molar-refractivity contribution >= 4 is 5.97 Å². The molecule has 0 heterocycles. The monoisotopic (exact) mass is 244 g/mol. The third-order valence-electron chi connectivity index (χ3n) is 3.44. The van der Waals surface area contributed by atoms with E-state index in [9.17, 15) is 4.79 Å². The molecular formula is C13H28N2O2. The molecule has 2 atom stereocenters. The molecule has 0 spiro atoms. The zero-order chi connectivity index (χ0) is 13.5. The number of likely N-dealkylation sites (N-methyl/N-ethyl adjacent to an activating group) is 2. The van der Waals surface area contributed by atoms with Gasteiger partial charge in [0, 0.05) is 13.1 Å². The van der Waals surface area contributed by atoms with Gasteiger partial charge in [0.25, 0.3) is 0 Å². The van der Waals surface area contributed by atoms with Gasteiger partial charge in [-0.25, -0.2) is 0 Å². The lowest BCUT2D eigenvalue weighted by molar-refractivity contribution is -0.148. The number of hydrogen-bond acceptors (Lipinski definition) is 4. The summed E-state index contributed by atoms with van der Waals surface area (Å²) < 4.78 is 4.85. The molecule has 1 N–H and O–H groups in total. The van der Waals surface area contributed by atoms with Gasteiger partial charge in [-0.2, -0.15) is 0 Å². The fourth-order valence-corrected chi connectivity index (χ4v) is 1.79. The van der Waals surface area contributed by atoms with Crippen LogP contribution in [0.3, 0.4) is 0 Å². The molecule has 0 amide bonds. The summed E-state index contributed by atoms with van der Waals surface area (Å²) in [5.41, 5.74) is -0.627. The number of hydrogen-bond donors (Lipinski definition) is 1. The zero-order valence-electron chi connectivity index (χ0n) is 12.2. The summed E-state index contributed by atoms with van der Waals surface area (Å²) in [6, 6.07) is 0. The van der Waals surface area contributed by atoms with E-state index < -0.39 is 5.54 Å². The van der Waals surface area contributed by atoms with Crippen molar-refractivity contribution in [3.05, 3.63) is 0 Å². The lowest BCUT2D eigenvalue weighted by Crippen LogP contribution is -2.56. The summed E-state index contributed by atoms with van der Waals surface area (Å²) in [6.07, 6.45) is 1.16. The van der Waals surface area contributed by atoms with Crippen LogP contribution in [0.4, 0.5) is 0 Å². The lowest BCUT2D eigenvalue weighted by Gasteiger charge is -2.33. The number of esters is 1. The first kappa shape index (κ1) is 16.4. The van der Waals surface area contributed by atoms with Crippen LogP contribution in [0.25, 0.3) is 0 Å². The number of rotatable bonds is 8. The van der Waals surface area contributed by atoms with Crippen molar-refractivity contribution in [3.63, 3.8) is 0 Å². The van der Waals surface area contributed by atoms with Crippen LogP contribution >= 0.6 is 0 Å². The van der Waals surface area contributed by atoms with Crippen LogP contribution in [-0.2, 0) is 9.53 Å². The van der Waals surface area contributed by atoms with Crippen LogP contribution in [-0.4, -0.2) is 50.2 Å². The molecule has 4 nitrogen and oxygen atoms in total. The average molecular weight is 244 g/mol. The smallest absolute Gasteiger partial charge is 0.327 e. The lowest BCUT2D eigenvalue weighted by atomic mass is 10.0. The fraction of sp³-hybridized carbons (Fsp3) is 0.923. The van der Waals surface area contributed by atoms with Gasteiger partial charge in [0.15, 0.2) is 0 Å². The van der Waals surface area contributed by atoms with E-state index in [0.717, 1.165) is 19.5 Å². The minimum Gasteiger partial charge on any atom is -0.468 e. The Balaban J connectivity index is 4.56. The molecule has 2 unspecified atom stereocenters. The Labute approximate surface area is 106 Å². The summed E-state index contributed by atoms with van der Waals surface area (Å²) in [6.45, 7) is 11.1. The predicted molar refractivity (Wildman–Crippen MR) is 71.0 cm³/mol. The van der Waals surface area contributed by atoms with E-state index in [0.29, 0.717) is 12.5 Å². The number of carbonyl (C=O) groups is 1. The van der Waals surface area contributed by atoms with Gasteiger partial charge in [-0.05, 0) is 26.4 Å². The number of methoxy groups -OCH3 is 1. The highest BCUT2D eigenvalue weighted by molar-refractivity contribution is 5.80. The van der Waals surface area contributed by atoms with Gasteiger partial charge in [0.2, 0.25) is 0 Å². The Morgan fingerprint density at radius 2 is 2.06 bits per heavy atom. The number of nitrogens with zero attached hydrogens (tertiary/aromatic N) is 1. The first-order valence-electron chi connectivity index (χ1n) is 6.43. The molecule has 0 radical (unpaired) electrons. The topological polar surface area (TPSA) is 41.6 Å². The van der Waals surface area contributed by atoms with E-state index >= 15 is 0 Å². The number of nitrogens with one attached hydrogen (secondary N) is 1. The van der Waals surface area contributed by atoms with Gasteiger partial charge in [0.05, 0.1) is 7.11 Å². The summed E-state index contributed by atoms with van der Waals surface area (Å²) >= 11 is 0. The highest BCUT2D eigenvalue weighted by Crippen LogP contribution is 2.11. The Morgan fingerprint density at radius 1 is 1.47 bits per heavy atom. The van der Waals surface area contributed by atoms with E-state index in [1.807, 2.05) is 6.92 Å². The van der Waals surface area contributed by atoms with Crippen LogP contribution in [0, 0.1) is 5.92 Å². The van der Waals surface area contributed by atoms with E-state index in [-0.39, 0.29) is 5.97 Å². The zero-order valence-corrected chi connectivity index (χ0v) is 12.2. The number of carbonyl (C=O) groups excluding carboxylic acids is 1. The second kappa shape index (κ2) is 7.67. The second-order valence-corrected chi connectivity index (χ2v) is 4.91. The maximum absolute atomic E-state index is 11.8. The van der Waals surface area contributed by atoms with Crippen LogP contribution < -0.4 is 5.32 Å². The quantitative estimate of drug-likeness (QED) is 0.657. The molecule has 0 fully saturated rings. The van der Waals surface area contributed by atoms with Crippen molar-refractivity contribution in [1.82, 2.24) is 10.2 Å². The van der Waals surface area contributed by atoms with E-state index in [4.69, 9.17) is 4.74 Å². The van der Waals surface area contributed by atoms with Gasteiger partial charge in [-0.3, -0.25) is 4.79 Å². The normalized spacial score (nSPS) is 16.6. The molecule has 0 rings (SSSR count). The summed E-state index contributed by atoms with van der Waals surface area (Å²) in [5.74, 6) is 0.441. The van der Waals surface area contributed by atoms with Crippen LogP contribution in [0.2, 0.25) is 0 Å². The van der Waals surface area contributed by atoms with Crippen molar-refractivity contribution in [2.45, 2.75) is 39.7 Å². The Morgan fingerprint density at radius 3 is 2.41 bits per heavy atom. The highest BCUT2D eigenvalue weighted by Gasteiger charge is 2.34. The molecule has 0 saturated heterocycles. The molecule has 4 heteroatoms. The molecule has 0 bridgehead atoms. The van der Waals surface area contributed by atoms with Crippen molar-refractivity contribution < 1.29 is 9.53 Å². The van der Waals surface area contributed by atoms with E-state index in [2.05, 4.69) is 31.0 Å². The summed E-state index contributed by atoms with van der Waals surface area (Å²) in [5, 5.41) is 3.07. The summed E-state index contributed by atoms with van der Waals surface area (Å²) in [4.78, 5) is 14.1. The summed E-state index contributed by atoms with van der Waals surface area (Å²) in [7, 11) is 3.23. The first-order valence-corrected chi connectivity index (χ1v) is 6.43. The molecule has 0 aliphatic rings. The third kappa shape index (κ3) is 5.04. The molecule has 0 aromatic rings. The second-order valence-electron chi connectivity index (χ2n) is 4.91. The first-order chi connectivity index (χ1) is 7.93. The molecule has 102 valence electrons. The van der Waals surface area contributed by atoms with Crippen LogP contribution in [0.15, 0.2) is 0 Å². The molecule has 0 aromatic carbocycles. The third-order valence-corrected chi connectivity index (χ3v) is 3.44. The Hall–Kier alpha value is -0.610. The van der Waals surface area contributed by atoms with Crippen LogP contribution in [0.1, 0.15) is 34.1 Å². The Kier molecular flexibility index (Phi) is 7.39. The minimum absolute atomic E-state index is 0.206. The SMILES string of the molecule is CCC(C)CN(CC)CC(C)(NC)C(=O)OC. The van der Waals surface area contributed by atoms with Crippen LogP contribution in [0.5, 0.6) is 0 Å². The minimum atomic E-state index is -0.627. The Bertz CT molecular complexity index is 233. The molecule has 17 heavy (non-hydrogen) atoms. The maximum atomic E-state index is 11.8. The van der Waals surface area contributed by atoms with Crippen molar-refractivity contribution in [2.75, 3.05) is 33.8 Å². The van der Waals surface area contributed by atoms with Gasteiger partial charge >= 0.3 is 5.97 Å². The van der Waals surface area contributed by atoms with Gasteiger partial charge < -0.3 is 15.0 Å². The van der Waals surface area contributed by atoms with Gasteiger partial charge in [-0.15, -0.1) is 0 Å².